The van der Waals surface area contributed by atoms with Crippen molar-refractivity contribution in [1.82, 2.24) is 0 Å². The van der Waals surface area contributed by atoms with Crippen LogP contribution >= 0.6 is 11.8 Å². The Hall–Kier alpha value is -0.430. The van der Waals surface area contributed by atoms with Gasteiger partial charge in [-0.05, 0) is 55.4 Å². The zero-order chi connectivity index (χ0) is 9.54. The van der Waals surface area contributed by atoms with Crippen molar-refractivity contribution in [2.75, 3.05) is 5.75 Å². The van der Waals surface area contributed by atoms with Crippen LogP contribution in [0.3, 0.4) is 0 Å². The summed E-state index contributed by atoms with van der Waals surface area (Å²) < 4.78 is 0. The fourth-order valence-corrected chi connectivity index (χ4v) is 3.66. The minimum Gasteiger partial charge on any atom is -0.126 e. The summed E-state index contributed by atoms with van der Waals surface area (Å²) in [4.78, 5) is 1.55. The lowest BCUT2D eigenvalue weighted by atomic mass is 9.90. The minimum absolute atomic E-state index is 0.895. The lowest BCUT2D eigenvalue weighted by Gasteiger charge is -2.25. The van der Waals surface area contributed by atoms with Crippen molar-refractivity contribution in [3.8, 4) is 0 Å². The molecule has 0 amide bonds. The molecule has 1 aliphatic carbocycles. The van der Waals surface area contributed by atoms with Gasteiger partial charge in [0.25, 0.3) is 0 Å². The summed E-state index contributed by atoms with van der Waals surface area (Å²) >= 11 is 2.05. The average Bonchev–Trinajstić information content (AvgIpc) is 3.00. The van der Waals surface area contributed by atoms with Crippen LogP contribution in [0.25, 0.3) is 0 Å². The summed E-state index contributed by atoms with van der Waals surface area (Å²) in [7, 11) is 0. The molecule has 1 fully saturated rings. The number of hydrogen-bond donors (Lipinski definition) is 0. The van der Waals surface area contributed by atoms with Gasteiger partial charge in [-0.25, -0.2) is 0 Å². The van der Waals surface area contributed by atoms with Crippen molar-refractivity contribution in [3.05, 3.63) is 29.3 Å². The lowest BCUT2D eigenvalue weighted by molar-refractivity contribution is 0.574. The Morgan fingerprint density at radius 3 is 2.86 bits per heavy atom. The SMILES string of the molecule is Cc1ccc2c(c1)C(C1CC1)CCS2. The van der Waals surface area contributed by atoms with Crippen LogP contribution in [0.2, 0.25) is 0 Å². The van der Waals surface area contributed by atoms with E-state index in [0.717, 1.165) is 11.8 Å². The maximum atomic E-state index is 2.42. The lowest BCUT2D eigenvalue weighted by Crippen LogP contribution is -2.09. The van der Waals surface area contributed by atoms with Crippen molar-refractivity contribution in [3.63, 3.8) is 0 Å². The Kier molecular flexibility index (Phi) is 2.09. The Bertz CT molecular complexity index is 352. The van der Waals surface area contributed by atoms with Crippen LogP contribution < -0.4 is 0 Å². The fourth-order valence-electron chi connectivity index (χ4n) is 2.53. The molecule has 1 aromatic rings. The van der Waals surface area contributed by atoms with E-state index >= 15 is 0 Å². The third-order valence-electron chi connectivity index (χ3n) is 3.44. The van der Waals surface area contributed by atoms with Crippen LogP contribution in [0.5, 0.6) is 0 Å². The maximum absolute atomic E-state index is 2.42. The number of rotatable bonds is 1. The molecule has 0 spiro atoms. The van der Waals surface area contributed by atoms with Crippen LogP contribution in [0.15, 0.2) is 23.1 Å². The summed E-state index contributed by atoms with van der Waals surface area (Å²) in [6.45, 7) is 2.21. The molecule has 0 radical (unpaired) electrons. The van der Waals surface area contributed by atoms with Crippen LogP contribution in [-0.4, -0.2) is 5.75 Å². The molecule has 1 unspecified atom stereocenters. The number of fused-ring (bicyclic) bond motifs is 1. The second-order valence-electron chi connectivity index (χ2n) is 4.62. The largest absolute Gasteiger partial charge is 0.126 e. The zero-order valence-electron chi connectivity index (χ0n) is 8.62. The highest BCUT2D eigenvalue weighted by Gasteiger charge is 2.34. The van der Waals surface area contributed by atoms with E-state index in [4.69, 9.17) is 0 Å². The van der Waals surface area contributed by atoms with Gasteiger partial charge in [-0.3, -0.25) is 0 Å². The summed E-state index contributed by atoms with van der Waals surface area (Å²) in [6, 6.07) is 7.00. The van der Waals surface area contributed by atoms with Gasteiger partial charge in [0.15, 0.2) is 0 Å². The monoisotopic (exact) mass is 204 g/mol. The second kappa shape index (κ2) is 3.30. The van der Waals surface area contributed by atoms with Crippen LogP contribution in [0, 0.1) is 12.8 Å². The van der Waals surface area contributed by atoms with E-state index in [1.54, 1.807) is 10.5 Å². The van der Waals surface area contributed by atoms with E-state index in [2.05, 4.69) is 25.1 Å². The summed E-state index contributed by atoms with van der Waals surface area (Å²) in [5.41, 5.74) is 3.08. The fraction of sp³-hybridized carbons (Fsp3) is 0.538. The highest BCUT2D eigenvalue weighted by Crippen LogP contribution is 2.50. The molecular weight excluding hydrogens is 188 g/mol. The minimum atomic E-state index is 0.895. The number of hydrogen-bond acceptors (Lipinski definition) is 1. The number of thioether (sulfide) groups is 1. The van der Waals surface area contributed by atoms with E-state index in [1.165, 1.54) is 30.6 Å². The summed E-state index contributed by atoms with van der Waals surface area (Å²) in [5, 5.41) is 0. The third-order valence-corrected chi connectivity index (χ3v) is 4.56. The van der Waals surface area contributed by atoms with Gasteiger partial charge in [0, 0.05) is 4.90 Å². The molecule has 1 heterocycles. The van der Waals surface area contributed by atoms with Crippen molar-refractivity contribution in [2.24, 2.45) is 5.92 Å². The van der Waals surface area contributed by atoms with Gasteiger partial charge in [0.1, 0.15) is 0 Å². The number of aryl methyl sites for hydroxylation is 1. The van der Waals surface area contributed by atoms with E-state index in [0.29, 0.717) is 0 Å². The quantitative estimate of drug-likeness (QED) is 0.666. The molecule has 3 rings (SSSR count). The first-order valence-electron chi connectivity index (χ1n) is 5.58. The molecule has 0 nitrogen and oxygen atoms in total. The summed E-state index contributed by atoms with van der Waals surface area (Å²) in [6.07, 6.45) is 4.36. The van der Waals surface area contributed by atoms with Gasteiger partial charge in [-0.15, -0.1) is 11.8 Å². The predicted octanol–water partition coefficient (Wildman–Crippen LogP) is 3.98. The standard InChI is InChI=1S/C13H16S/c1-9-2-5-13-12(8-9)11(6-7-14-13)10-3-4-10/h2,5,8,10-11H,3-4,6-7H2,1H3. The zero-order valence-corrected chi connectivity index (χ0v) is 9.44. The second-order valence-corrected chi connectivity index (χ2v) is 5.76. The normalized spacial score (nSPS) is 25.9. The summed E-state index contributed by atoms with van der Waals surface area (Å²) in [5.74, 6) is 3.25. The van der Waals surface area contributed by atoms with Crippen molar-refractivity contribution in [2.45, 2.75) is 37.0 Å². The van der Waals surface area contributed by atoms with Crippen LogP contribution in [-0.2, 0) is 0 Å². The molecule has 74 valence electrons. The van der Waals surface area contributed by atoms with Gasteiger partial charge in [0.05, 0.1) is 0 Å². The van der Waals surface area contributed by atoms with Crippen molar-refractivity contribution < 1.29 is 0 Å². The molecule has 1 saturated carbocycles. The topological polar surface area (TPSA) is 0 Å². The molecule has 1 atom stereocenters. The van der Waals surface area contributed by atoms with Gasteiger partial charge in [0.2, 0.25) is 0 Å². The molecule has 0 N–H and O–H groups in total. The first kappa shape index (κ1) is 8.84. The third kappa shape index (κ3) is 1.48. The van der Waals surface area contributed by atoms with E-state index in [1.807, 2.05) is 11.8 Å². The molecule has 0 bridgehead atoms. The smallest absolute Gasteiger partial charge is 0.0107 e. The Morgan fingerprint density at radius 2 is 2.07 bits per heavy atom. The van der Waals surface area contributed by atoms with Gasteiger partial charge >= 0.3 is 0 Å². The molecule has 1 aromatic carbocycles. The Balaban J connectivity index is 2.02. The van der Waals surface area contributed by atoms with E-state index in [9.17, 15) is 0 Å². The molecule has 2 aliphatic rings. The number of benzene rings is 1. The van der Waals surface area contributed by atoms with Gasteiger partial charge < -0.3 is 0 Å². The van der Waals surface area contributed by atoms with Crippen molar-refractivity contribution in [1.29, 1.82) is 0 Å². The molecule has 14 heavy (non-hydrogen) atoms. The van der Waals surface area contributed by atoms with E-state index in [-0.39, 0.29) is 0 Å². The molecule has 0 aromatic heterocycles. The van der Waals surface area contributed by atoms with Crippen molar-refractivity contribution >= 4 is 11.8 Å². The molecular formula is C13H16S. The predicted molar refractivity (Wildman–Crippen MR) is 62.0 cm³/mol. The van der Waals surface area contributed by atoms with Gasteiger partial charge in [-0.1, -0.05) is 17.7 Å². The Labute approximate surface area is 90.1 Å². The van der Waals surface area contributed by atoms with Crippen LogP contribution in [0.1, 0.15) is 36.3 Å². The molecule has 1 aliphatic heterocycles. The molecule has 1 heteroatoms. The molecule has 0 saturated heterocycles. The van der Waals surface area contributed by atoms with E-state index < -0.39 is 0 Å². The average molecular weight is 204 g/mol. The Morgan fingerprint density at radius 1 is 1.21 bits per heavy atom. The highest BCUT2D eigenvalue weighted by molar-refractivity contribution is 7.99. The highest BCUT2D eigenvalue weighted by atomic mass is 32.2. The first-order chi connectivity index (χ1) is 6.84. The van der Waals surface area contributed by atoms with Crippen LogP contribution in [0.4, 0.5) is 0 Å². The first-order valence-corrected chi connectivity index (χ1v) is 6.56. The van der Waals surface area contributed by atoms with Gasteiger partial charge in [-0.2, -0.15) is 0 Å². The maximum Gasteiger partial charge on any atom is 0.0107 e.